The molecule has 2 heterocycles. The molecule has 1 aliphatic carbocycles. The molecular formula is C21H22N2O4S. The number of methoxy groups -OCH3 is 3. The summed E-state index contributed by atoms with van der Waals surface area (Å²) in [5.74, 6) is 2.22. The van der Waals surface area contributed by atoms with E-state index in [1.165, 1.54) is 16.9 Å². The summed E-state index contributed by atoms with van der Waals surface area (Å²) in [6.45, 7) is 0. The zero-order valence-corrected chi connectivity index (χ0v) is 16.9. The number of nitrogens with zero attached hydrogens (tertiary/aromatic N) is 1. The minimum atomic E-state index is -0.0612. The molecule has 0 saturated heterocycles. The number of rotatable bonds is 5. The Morgan fingerprint density at radius 1 is 1.04 bits per heavy atom. The zero-order valence-electron chi connectivity index (χ0n) is 16.1. The summed E-state index contributed by atoms with van der Waals surface area (Å²) in [4.78, 5) is 22.3. The SMILES string of the molecule is COc1cc(/C=C/c2nc3sc4c(c3c(=O)[nH]2)CCCC4)cc(OC)c1OC. The molecule has 0 radical (unpaired) electrons. The maximum Gasteiger partial charge on any atom is 0.260 e. The van der Waals surface area contributed by atoms with E-state index in [4.69, 9.17) is 14.2 Å². The minimum absolute atomic E-state index is 0.0612. The summed E-state index contributed by atoms with van der Waals surface area (Å²) in [6, 6.07) is 3.69. The molecule has 0 fully saturated rings. The Hall–Kier alpha value is -2.80. The summed E-state index contributed by atoms with van der Waals surface area (Å²) in [5, 5.41) is 0.768. The molecular weight excluding hydrogens is 376 g/mol. The van der Waals surface area contributed by atoms with Gasteiger partial charge < -0.3 is 19.2 Å². The molecule has 1 aliphatic rings. The number of nitrogens with one attached hydrogen (secondary N) is 1. The maximum atomic E-state index is 12.6. The van der Waals surface area contributed by atoms with Gasteiger partial charge in [0, 0.05) is 4.88 Å². The number of fused-ring (bicyclic) bond motifs is 3. The van der Waals surface area contributed by atoms with E-state index in [0.717, 1.165) is 35.0 Å². The first-order chi connectivity index (χ1) is 13.6. The van der Waals surface area contributed by atoms with E-state index in [1.54, 1.807) is 38.7 Å². The predicted molar refractivity (Wildman–Crippen MR) is 112 cm³/mol. The van der Waals surface area contributed by atoms with Crippen molar-refractivity contribution in [2.75, 3.05) is 21.3 Å². The van der Waals surface area contributed by atoms with Crippen LogP contribution >= 0.6 is 11.3 Å². The van der Waals surface area contributed by atoms with E-state index in [-0.39, 0.29) is 5.56 Å². The lowest BCUT2D eigenvalue weighted by molar-refractivity contribution is 0.324. The Kier molecular flexibility index (Phi) is 5.09. The van der Waals surface area contributed by atoms with Crippen molar-refractivity contribution in [2.45, 2.75) is 25.7 Å². The normalized spacial score (nSPS) is 13.7. The quantitative estimate of drug-likeness (QED) is 0.702. The molecule has 0 amide bonds. The summed E-state index contributed by atoms with van der Waals surface area (Å²) >= 11 is 1.65. The van der Waals surface area contributed by atoms with Crippen LogP contribution in [0, 0.1) is 0 Å². The summed E-state index contributed by atoms with van der Waals surface area (Å²) in [7, 11) is 4.73. The van der Waals surface area contributed by atoms with Crippen LogP contribution in [0.1, 0.15) is 34.7 Å². The number of hydrogen-bond donors (Lipinski definition) is 1. The van der Waals surface area contributed by atoms with Gasteiger partial charge in [0.05, 0.1) is 26.7 Å². The van der Waals surface area contributed by atoms with Gasteiger partial charge in [-0.1, -0.05) is 6.08 Å². The number of H-pyrrole nitrogens is 1. The molecule has 2 aromatic heterocycles. The number of aryl methyl sites for hydroxylation is 2. The highest BCUT2D eigenvalue weighted by molar-refractivity contribution is 7.18. The lowest BCUT2D eigenvalue weighted by Gasteiger charge is -2.12. The van der Waals surface area contributed by atoms with Crippen LogP contribution in [0.5, 0.6) is 17.2 Å². The Bertz CT molecular complexity index is 1090. The predicted octanol–water partition coefficient (Wildman–Crippen LogP) is 4.06. The Morgan fingerprint density at radius 3 is 2.43 bits per heavy atom. The number of aromatic amines is 1. The fraction of sp³-hybridized carbons (Fsp3) is 0.333. The van der Waals surface area contributed by atoms with Crippen LogP contribution in [0.25, 0.3) is 22.4 Å². The molecule has 1 N–H and O–H groups in total. The fourth-order valence-electron chi connectivity index (χ4n) is 3.63. The second kappa shape index (κ2) is 7.67. The molecule has 0 spiro atoms. The van der Waals surface area contributed by atoms with E-state index < -0.39 is 0 Å². The van der Waals surface area contributed by atoms with Crippen LogP contribution in [0.3, 0.4) is 0 Å². The molecule has 28 heavy (non-hydrogen) atoms. The number of benzene rings is 1. The second-order valence-electron chi connectivity index (χ2n) is 6.63. The minimum Gasteiger partial charge on any atom is -0.493 e. The van der Waals surface area contributed by atoms with E-state index in [2.05, 4.69) is 9.97 Å². The lowest BCUT2D eigenvalue weighted by atomic mass is 9.97. The molecule has 4 rings (SSSR count). The van der Waals surface area contributed by atoms with Crippen molar-refractivity contribution in [3.8, 4) is 17.2 Å². The van der Waals surface area contributed by atoms with Gasteiger partial charge in [0.15, 0.2) is 11.5 Å². The molecule has 0 unspecified atom stereocenters. The largest absolute Gasteiger partial charge is 0.493 e. The smallest absolute Gasteiger partial charge is 0.260 e. The van der Waals surface area contributed by atoms with Crippen molar-refractivity contribution in [1.29, 1.82) is 0 Å². The zero-order chi connectivity index (χ0) is 19.7. The summed E-state index contributed by atoms with van der Waals surface area (Å²) < 4.78 is 16.1. The van der Waals surface area contributed by atoms with Crippen LogP contribution in [-0.2, 0) is 12.8 Å². The first-order valence-corrected chi connectivity index (χ1v) is 9.99. The molecule has 3 aromatic rings. The lowest BCUT2D eigenvalue weighted by Crippen LogP contribution is -2.11. The molecule has 6 nitrogen and oxygen atoms in total. The van der Waals surface area contributed by atoms with Gasteiger partial charge in [-0.2, -0.15) is 0 Å². The van der Waals surface area contributed by atoms with Gasteiger partial charge >= 0.3 is 0 Å². The van der Waals surface area contributed by atoms with Crippen molar-refractivity contribution in [3.05, 3.63) is 44.3 Å². The Morgan fingerprint density at radius 2 is 1.75 bits per heavy atom. The van der Waals surface area contributed by atoms with E-state index >= 15 is 0 Å². The van der Waals surface area contributed by atoms with Crippen molar-refractivity contribution in [2.24, 2.45) is 0 Å². The van der Waals surface area contributed by atoms with Crippen molar-refractivity contribution < 1.29 is 14.2 Å². The van der Waals surface area contributed by atoms with Crippen LogP contribution in [0.2, 0.25) is 0 Å². The van der Waals surface area contributed by atoms with Gasteiger partial charge in [-0.25, -0.2) is 4.98 Å². The van der Waals surface area contributed by atoms with Crippen LogP contribution < -0.4 is 19.8 Å². The fourth-order valence-corrected chi connectivity index (χ4v) is 4.90. The molecule has 146 valence electrons. The number of hydrogen-bond acceptors (Lipinski definition) is 6. The molecule has 0 atom stereocenters. The van der Waals surface area contributed by atoms with Gasteiger partial charge in [0.2, 0.25) is 5.75 Å². The number of thiophene rings is 1. The standard InChI is InChI=1S/C21H22N2O4S/c1-25-14-10-12(11-15(26-2)19(14)27-3)8-9-17-22-20(24)18-13-6-4-5-7-16(13)28-21(18)23-17/h8-11H,4-7H2,1-3H3,(H,22,23,24)/b9-8+. The summed E-state index contributed by atoms with van der Waals surface area (Å²) in [6.07, 6.45) is 8.00. The Labute approximate surface area is 166 Å². The molecule has 1 aromatic carbocycles. The van der Waals surface area contributed by atoms with Crippen LogP contribution in [0.4, 0.5) is 0 Å². The third-order valence-corrected chi connectivity index (χ3v) is 6.15. The summed E-state index contributed by atoms with van der Waals surface area (Å²) in [5.41, 5.74) is 1.98. The van der Waals surface area contributed by atoms with Gasteiger partial charge in [0.1, 0.15) is 10.7 Å². The van der Waals surface area contributed by atoms with Gasteiger partial charge in [0.25, 0.3) is 5.56 Å². The molecule has 0 bridgehead atoms. The van der Waals surface area contributed by atoms with Gasteiger partial charge in [-0.3, -0.25) is 4.79 Å². The molecule has 0 aliphatic heterocycles. The topological polar surface area (TPSA) is 73.4 Å². The Balaban J connectivity index is 1.72. The first kappa shape index (κ1) is 18.6. The highest BCUT2D eigenvalue weighted by Gasteiger charge is 2.19. The van der Waals surface area contributed by atoms with E-state index in [9.17, 15) is 4.79 Å². The van der Waals surface area contributed by atoms with Gasteiger partial charge in [-0.05, 0) is 55.0 Å². The van der Waals surface area contributed by atoms with Crippen molar-refractivity contribution in [3.63, 3.8) is 0 Å². The highest BCUT2D eigenvalue weighted by atomic mass is 32.1. The van der Waals surface area contributed by atoms with E-state index in [1.807, 2.05) is 18.2 Å². The van der Waals surface area contributed by atoms with Crippen molar-refractivity contribution in [1.82, 2.24) is 9.97 Å². The average Bonchev–Trinajstić information content (AvgIpc) is 3.10. The highest BCUT2D eigenvalue weighted by Crippen LogP contribution is 2.38. The third kappa shape index (κ3) is 3.26. The monoisotopic (exact) mass is 398 g/mol. The van der Waals surface area contributed by atoms with Crippen LogP contribution in [0.15, 0.2) is 16.9 Å². The molecule has 7 heteroatoms. The average molecular weight is 398 g/mol. The second-order valence-corrected chi connectivity index (χ2v) is 7.72. The van der Waals surface area contributed by atoms with Crippen LogP contribution in [-0.4, -0.2) is 31.3 Å². The van der Waals surface area contributed by atoms with Gasteiger partial charge in [-0.15, -0.1) is 11.3 Å². The first-order valence-electron chi connectivity index (χ1n) is 9.17. The van der Waals surface area contributed by atoms with E-state index in [0.29, 0.717) is 23.1 Å². The maximum absolute atomic E-state index is 12.6. The number of ether oxygens (including phenoxy) is 3. The van der Waals surface area contributed by atoms with Crippen molar-refractivity contribution >= 4 is 33.7 Å². The third-order valence-electron chi connectivity index (χ3n) is 4.96. The number of aromatic nitrogens is 2. The molecule has 0 saturated carbocycles.